The molecule has 1 saturated heterocycles. The van der Waals surface area contributed by atoms with Crippen LogP contribution in [0, 0.1) is 9.49 Å². The number of benzene rings is 1. The van der Waals surface area contributed by atoms with Crippen molar-refractivity contribution < 1.29 is 0 Å². The van der Waals surface area contributed by atoms with E-state index in [0.29, 0.717) is 18.0 Å². The molecule has 19 heavy (non-hydrogen) atoms. The summed E-state index contributed by atoms with van der Waals surface area (Å²) in [5, 5.41) is 3.71. The number of hydrogen-bond donors (Lipinski definition) is 1. The topological polar surface area (TPSA) is 15.3 Å². The van der Waals surface area contributed by atoms with Crippen molar-refractivity contribution >= 4 is 28.3 Å². The van der Waals surface area contributed by atoms with Gasteiger partial charge >= 0.3 is 0 Å². The lowest BCUT2D eigenvalue weighted by molar-refractivity contribution is 0.271. The van der Waals surface area contributed by atoms with Gasteiger partial charge < -0.3 is 10.2 Å². The minimum atomic E-state index is 0.596. The van der Waals surface area contributed by atoms with E-state index in [9.17, 15) is 0 Å². The number of piperidine rings is 1. The number of para-hydroxylation sites is 1. The average molecular weight is 372 g/mol. The second kappa shape index (κ2) is 6.93. The Labute approximate surface area is 131 Å². The van der Waals surface area contributed by atoms with Crippen molar-refractivity contribution in [3.63, 3.8) is 0 Å². The van der Waals surface area contributed by atoms with Crippen molar-refractivity contribution in [3.8, 4) is 0 Å². The second-order valence-electron chi connectivity index (χ2n) is 5.59. The van der Waals surface area contributed by atoms with Crippen LogP contribution in [0.2, 0.25) is 0 Å². The van der Waals surface area contributed by atoms with Gasteiger partial charge in [-0.1, -0.05) is 26.0 Å². The smallest absolute Gasteiger partial charge is 0.0504 e. The van der Waals surface area contributed by atoms with Gasteiger partial charge in [-0.15, -0.1) is 0 Å². The normalized spacial score (nSPS) is 27.6. The van der Waals surface area contributed by atoms with Gasteiger partial charge in [-0.05, 0) is 67.0 Å². The summed E-state index contributed by atoms with van der Waals surface area (Å²) in [7, 11) is 0. The summed E-state index contributed by atoms with van der Waals surface area (Å²) in [6.07, 6.45) is 2.47. The first-order valence-corrected chi connectivity index (χ1v) is 8.47. The van der Waals surface area contributed by atoms with Crippen molar-refractivity contribution in [3.05, 3.63) is 27.8 Å². The fourth-order valence-electron chi connectivity index (χ4n) is 3.01. The third-order valence-corrected chi connectivity index (χ3v) is 5.30. The SMILES string of the molecule is CCCNC1CCN(c2ccccc2I)C(C)C1C. The molecule has 0 spiro atoms. The molecule has 3 atom stereocenters. The molecule has 2 rings (SSSR count). The van der Waals surface area contributed by atoms with E-state index in [1.165, 1.54) is 22.1 Å². The molecule has 0 aromatic heterocycles. The summed E-state index contributed by atoms with van der Waals surface area (Å²) < 4.78 is 1.36. The molecule has 1 aliphatic heterocycles. The zero-order valence-corrected chi connectivity index (χ0v) is 14.4. The van der Waals surface area contributed by atoms with E-state index in [1.54, 1.807) is 0 Å². The molecule has 1 aromatic rings. The van der Waals surface area contributed by atoms with Crippen LogP contribution in [0.25, 0.3) is 0 Å². The maximum absolute atomic E-state index is 3.71. The molecule has 0 saturated carbocycles. The number of hydrogen-bond acceptors (Lipinski definition) is 2. The van der Waals surface area contributed by atoms with Gasteiger partial charge in [-0.3, -0.25) is 0 Å². The highest BCUT2D eigenvalue weighted by atomic mass is 127. The first-order valence-electron chi connectivity index (χ1n) is 7.39. The Bertz CT molecular complexity index is 407. The third kappa shape index (κ3) is 3.43. The summed E-state index contributed by atoms with van der Waals surface area (Å²) in [5.41, 5.74) is 1.40. The van der Waals surface area contributed by atoms with Gasteiger partial charge in [0.1, 0.15) is 0 Å². The molecule has 3 heteroatoms. The second-order valence-corrected chi connectivity index (χ2v) is 6.76. The number of nitrogens with one attached hydrogen (secondary N) is 1. The first kappa shape index (κ1) is 15.1. The Balaban J connectivity index is 2.09. The number of halogens is 1. The fourth-order valence-corrected chi connectivity index (χ4v) is 3.70. The van der Waals surface area contributed by atoms with Crippen LogP contribution in [0.1, 0.15) is 33.6 Å². The summed E-state index contributed by atoms with van der Waals surface area (Å²) >= 11 is 2.45. The molecule has 1 heterocycles. The fraction of sp³-hybridized carbons (Fsp3) is 0.625. The van der Waals surface area contributed by atoms with Crippen LogP contribution >= 0.6 is 22.6 Å². The zero-order valence-electron chi connectivity index (χ0n) is 12.2. The molecule has 0 radical (unpaired) electrons. The largest absolute Gasteiger partial charge is 0.368 e. The van der Waals surface area contributed by atoms with Crippen molar-refractivity contribution in [1.29, 1.82) is 0 Å². The van der Waals surface area contributed by atoms with E-state index in [-0.39, 0.29) is 0 Å². The molecule has 1 fully saturated rings. The summed E-state index contributed by atoms with van der Waals surface area (Å²) in [6, 6.07) is 10.00. The van der Waals surface area contributed by atoms with Crippen molar-refractivity contribution in [2.45, 2.75) is 45.7 Å². The van der Waals surface area contributed by atoms with Crippen LogP contribution in [0.5, 0.6) is 0 Å². The van der Waals surface area contributed by atoms with E-state index < -0.39 is 0 Å². The van der Waals surface area contributed by atoms with Gasteiger partial charge in [-0.2, -0.15) is 0 Å². The van der Waals surface area contributed by atoms with Gasteiger partial charge in [0, 0.05) is 22.2 Å². The minimum Gasteiger partial charge on any atom is -0.368 e. The molecule has 3 unspecified atom stereocenters. The predicted molar refractivity (Wildman–Crippen MR) is 91.8 cm³/mol. The maximum atomic E-state index is 3.71. The zero-order chi connectivity index (χ0) is 13.8. The number of rotatable bonds is 4. The number of nitrogens with zero attached hydrogens (tertiary/aromatic N) is 1. The molecule has 0 bridgehead atoms. The maximum Gasteiger partial charge on any atom is 0.0504 e. The quantitative estimate of drug-likeness (QED) is 0.807. The van der Waals surface area contributed by atoms with E-state index >= 15 is 0 Å². The van der Waals surface area contributed by atoms with E-state index in [4.69, 9.17) is 0 Å². The van der Waals surface area contributed by atoms with Crippen LogP contribution in [0.4, 0.5) is 5.69 Å². The highest BCUT2D eigenvalue weighted by molar-refractivity contribution is 14.1. The van der Waals surface area contributed by atoms with Crippen molar-refractivity contribution in [2.75, 3.05) is 18.0 Å². The first-order chi connectivity index (χ1) is 9.15. The van der Waals surface area contributed by atoms with Crippen LogP contribution < -0.4 is 10.2 Å². The Hall–Kier alpha value is -0.290. The molecular formula is C16H25IN2. The Morgan fingerprint density at radius 3 is 2.74 bits per heavy atom. The van der Waals surface area contributed by atoms with Gasteiger partial charge in [0.25, 0.3) is 0 Å². The summed E-state index contributed by atoms with van der Waals surface area (Å²) in [5.74, 6) is 0.691. The van der Waals surface area contributed by atoms with E-state index in [1.807, 2.05) is 0 Å². The summed E-state index contributed by atoms with van der Waals surface area (Å²) in [6.45, 7) is 9.30. The Morgan fingerprint density at radius 2 is 2.05 bits per heavy atom. The molecular weight excluding hydrogens is 347 g/mol. The third-order valence-electron chi connectivity index (χ3n) is 4.39. The van der Waals surface area contributed by atoms with Crippen molar-refractivity contribution in [1.82, 2.24) is 5.32 Å². The average Bonchev–Trinajstić information content (AvgIpc) is 2.42. The molecule has 0 amide bonds. The lowest BCUT2D eigenvalue weighted by Gasteiger charge is -2.44. The summed E-state index contributed by atoms with van der Waals surface area (Å²) in [4.78, 5) is 2.58. The highest BCUT2D eigenvalue weighted by Gasteiger charge is 2.32. The molecule has 0 aliphatic carbocycles. The van der Waals surface area contributed by atoms with Gasteiger partial charge in [-0.25, -0.2) is 0 Å². The molecule has 1 aromatic carbocycles. The van der Waals surface area contributed by atoms with Gasteiger partial charge in [0.2, 0.25) is 0 Å². The van der Waals surface area contributed by atoms with Gasteiger partial charge in [0.15, 0.2) is 0 Å². The molecule has 106 valence electrons. The monoisotopic (exact) mass is 372 g/mol. The van der Waals surface area contributed by atoms with Crippen LogP contribution in [-0.2, 0) is 0 Å². The standard InChI is InChI=1S/C16H25IN2/c1-4-10-18-15-9-11-19(13(3)12(15)2)16-8-6-5-7-14(16)17/h5-8,12-13,15,18H,4,9-11H2,1-3H3. The van der Waals surface area contributed by atoms with Crippen LogP contribution in [0.15, 0.2) is 24.3 Å². The molecule has 2 nitrogen and oxygen atoms in total. The van der Waals surface area contributed by atoms with Gasteiger partial charge in [0.05, 0.1) is 5.69 Å². The lowest BCUT2D eigenvalue weighted by Crippen LogP contribution is -2.53. The minimum absolute atomic E-state index is 0.596. The van der Waals surface area contributed by atoms with E-state index in [0.717, 1.165) is 13.1 Å². The molecule has 1 aliphatic rings. The lowest BCUT2D eigenvalue weighted by atomic mass is 9.86. The van der Waals surface area contributed by atoms with Crippen LogP contribution in [-0.4, -0.2) is 25.2 Å². The predicted octanol–water partition coefficient (Wildman–Crippen LogP) is 3.89. The Morgan fingerprint density at radius 1 is 1.32 bits per heavy atom. The van der Waals surface area contributed by atoms with Crippen LogP contribution in [0.3, 0.4) is 0 Å². The van der Waals surface area contributed by atoms with Crippen molar-refractivity contribution in [2.24, 2.45) is 5.92 Å². The van der Waals surface area contributed by atoms with E-state index in [2.05, 4.69) is 77.8 Å². The highest BCUT2D eigenvalue weighted by Crippen LogP contribution is 2.31. The molecule has 1 N–H and O–H groups in total. The number of anilines is 1. The Kier molecular flexibility index (Phi) is 5.51.